The number of aliphatic imine (C=N–C) groups is 1. The van der Waals surface area contributed by atoms with Crippen molar-refractivity contribution in [3.05, 3.63) is 65.9 Å². The first kappa shape index (κ1) is 25.0. The van der Waals surface area contributed by atoms with Crippen molar-refractivity contribution in [2.24, 2.45) is 4.99 Å². The Morgan fingerprint density at radius 3 is 2.67 bits per heavy atom. The summed E-state index contributed by atoms with van der Waals surface area (Å²) in [6.07, 6.45) is -3.39. The molecule has 0 aliphatic carbocycles. The smallest absolute Gasteiger partial charge is 0.451 e. The van der Waals surface area contributed by atoms with Crippen LogP contribution in [-0.2, 0) is 6.18 Å². The number of ether oxygens (including phenoxy) is 1. The normalized spacial score (nSPS) is 17.3. The molecular weight excluding hydrogens is 494 g/mol. The van der Waals surface area contributed by atoms with Gasteiger partial charge in [0.2, 0.25) is 5.82 Å². The Morgan fingerprint density at radius 1 is 1.19 bits per heavy atom. The number of halogens is 6. The van der Waals surface area contributed by atoms with E-state index in [9.17, 15) is 31.1 Å². The summed E-state index contributed by atoms with van der Waals surface area (Å²) in [5, 5.41) is 4.08. The minimum Gasteiger partial charge on any atom is -0.497 e. The number of hydrogen-bond donors (Lipinski definition) is 2. The third-order valence-electron chi connectivity index (χ3n) is 5.19. The van der Waals surface area contributed by atoms with E-state index in [1.54, 1.807) is 40.7 Å². The van der Waals surface area contributed by atoms with Crippen molar-refractivity contribution < 1.29 is 35.9 Å². The lowest BCUT2D eigenvalue weighted by Crippen LogP contribution is -2.36. The van der Waals surface area contributed by atoms with Crippen molar-refractivity contribution in [1.82, 2.24) is 20.2 Å². The number of hydrogen-bond acceptors (Lipinski definition) is 6. The van der Waals surface area contributed by atoms with Crippen LogP contribution in [0.25, 0.3) is 5.57 Å². The predicted octanol–water partition coefficient (Wildman–Crippen LogP) is 4.55. The fourth-order valence-electron chi connectivity index (χ4n) is 3.60. The molecule has 2 N–H and O–H groups in total. The van der Waals surface area contributed by atoms with E-state index < -0.39 is 30.8 Å². The number of alkyl halides is 6. The number of urea groups is 1. The highest BCUT2D eigenvalue weighted by atomic mass is 19.4. The Kier molecular flexibility index (Phi) is 6.61. The molecule has 1 unspecified atom stereocenters. The van der Waals surface area contributed by atoms with E-state index in [1.807, 2.05) is 0 Å². The van der Waals surface area contributed by atoms with Gasteiger partial charge in [0, 0.05) is 29.7 Å². The molecule has 2 aliphatic rings. The minimum absolute atomic E-state index is 0.0807. The molecule has 0 saturated heterocycles. The summed E-state index contributed by atoms with van der Waals surface area (Å²) in [5.41, 5.74) is 1.34. The van der Waals surface area contributed by atoms with Crippen molar-refractivity contribution in [2.75, 3.05) is 25.5 Å². The molecule has 36 heavy (non-hydrogen) atoms. The number of anilines is 1. The first-order valence-electron chi connectivity index (χ1n) is 10.4. The molecule has 2 aromatic rings. The highest BCUT2D eigenvalue weighted by Crippen LogP contribution is 2.35. The second kappa shape index (κ2) is 9.51. The maximum atomic E-state index is 13.0. The van der Waals surface area contributed by atoms with Gasteiger partial charge in [-0.25, -0.2) is 14.8 Å². The number of amides is 2. The van der Waals surface area contributed by atoms with Crippen LogP contribution in [-0.4, -0.2) is 53.1 Å². The van der Waals surface area contributed by atoms with Gasteiger partial charge in [0.15, 0.2) is 0 Å². The number of benzene rings is 1. The van der Waals surface area contributed by atoms with Gasteiger partial charge in [-0.15, -0.1) is 0 Å². The molecule has 1 aromatic heterocycles. The lowest BCUT2D eigenvalue weighted by Gasteiger charge is -2.27. The first-order chi connectivity index (χ1) is 16.9. The van der Waals surface area contributed by atoms with E-state index in [0.717, 1.165) is 6.20 Å². The van der Waals surface area contributed by atoms with Gasteiger partial charge in [0.25, 0.3) is 0 Å². The van der Waals surface area contributed by atoms with Crippen LogP contribution in [0.1, 0.15) is 23.1 Å². The zero-order chi connectivity index (χ0) is 26.1. The number of carbonyl (C=O) groups excluding carboxylic acids is 1. The largest absolute Gasteiger partial charge is 0.497 e. The Labute approximate surface area is 200 Å². The molecule has 1 aromatic carbocycles. The number of methoxy groups -OCH3 is 1. The van der Waals surface area contributed by atoms with Crippen LogP contribution in [0.3, 0.4) is 0 Å². The second-order valence-corrected chi connectivity index (χ2v) is 7.72. The third kappa shape index (κ3) is 5.75. The van der Waals surface area contributed by atoms with Gasteiger partial charge >= 0.3 is 18.4 Å². The molecule has 0 spiro atoms. The van der Waals surface area contributed by atoms with Crippen molar-refractivity contribution in [1.29, 1.82) is 0 Å². The van der Waals surface area contributed by atoms with E-state index in [1.165, 1.54) is 19.2 Å². The second-order valence-electron chi connectivity index (χ2n) is 7.72. The number of nitrogens with zero attached hydrogens (tertiary/aromatic N) is 4. The molecule has 0 bridgehead atoms. The summed E-state index contributed by atoms with van der Waals surface area (Å²) >= 11 is 0. The molecule has 0 radical (unpaired) electrons. The average molecular weight is 512 g/mol. The van der Waals surface area contributed by atoms with Crippen LogP contribution in [0.2, 0.25) is 0 Å². The predicted molar refractivity (Wildman–Crippen MR) is 117 cm³/mol. The number of amidine groups is 1. The fraction of sp³-hybridized carbons (Fsp3) is 0.273. The molecule has 0 fully saturated rings. The number of aromatic nitrogens is 2. The zero-order valence-electron chi connectivity index (χ0n) is 18.5. The summed E-state index contributed by atoms with van der Waals surface area (Å²) in [5.74, 6) is -0.423. The highest BCUT2D eigenvalue weighted by Gasteiger charge is 2.35. The van der Waals surface area contributed by atoms with Gasteiger partial charge in [-0.1, -0.05) is 0 Å². The van der Waals surface area contributed by atoms with E-state index >= 15 is 0 Å². The standard InChI is InChI=1S/C22H18F6N6O2/c1-36-15-7-13(6-14(9-15)32-20(35)31-11-21(23,24)25)17-10-30-18-8-12(3-5-34(17)18)16-2-4-29-19(33-16)22(26,27)28/h2-9,17H,10-11H2,1H3,(H2,31,32,35). The molecular formula is C22H18F6N6O2. The van der Waals surface area contributed by atoms with Gasteiger partial charge in [-0.3, -0.25) is 4.99 Å². The third-order valence-corrected chi connectivity index (χ3v) is 5.19. The van der Waals surface area contributed by atoms with Crippen LogP contribution >= 0.6 is 0 Å². The zero-order valence-corrected chi connectivity index (χ0v) is 18.5. The van der Waals surface area contributed by atoms with E-state index in [4.69, 9.17) is 4.74 Å². The first-order valence-corrected chi connectivity index (χ1v) is 10.4. The molecule has 190 valence electrons. The SMILES string of the molecule is COc1cc(NC(=O)NCC(F)(F)F)cc(C2CN=C3C=C(c4ccnc(C(F)(F)F)n4)C=CN32)c1. The number of allylic oxidation sites excluding steroid dienone is 2. The van der Waals surface area contributed by atoms with Crippen LogP contribution < -0.4 is 15.4 Å². The van der Waals surface area contributed by atoms with Crippen molar-refractivity contribution in [3.63, 3.8) is 0 Å². The van der Waals surface area contributed by atoms with E-state index in [2.05, 4.69) is 20.3 Å². The molecule has 4 rings (SSSR count). The Morgan fingerprint density at radius 2 is 1.97 bits per heavy atom. The quantitative estimate of drug-likeness (QED) is 0.574. The van der Waals surface area contributed by atoms with Crippen molar-refractivity contribution in [3.8, 4) is 5.75 Å². The maximum Gasteiger partial charge on any atom is 0.451 e. The summed E-state index contributed by atoms with van der Waals surface area (Å²) in [7, 11) is 1.40. The summed E-state index contributed by atoms with van der Waals surface area (Å²) in [6, 6.07) is 4.67. The van der Waals surface area contributed by atoms with E-state index in [-0.39, 0.29) is 24.0 Å². The van der Waals surface area contributed by atoms with Crippen molar-refractivity contribution in [2.45, 2.75) is 18.4 Å². The van der Waals surface area contributed by atoms with E-state index in [0.29, 0.717) is 22.7 Å². The summed E-state index contributed by atoms with van der Waals surface area (Å²) < 4.78 is 81.3. The average Bonchev–Trinajstić information content (AvgIpc) is 3.25. The lowest BCUT2D eigenvalue weighted by atomic mass is 10.0. The summed E-state index contributed by atoms with van der Waals surface area (Å²) in [6.45, 7) is -1.21. The van der Waals surface area contributed by atoms with Gasteiger partial charge in [-0.05, 0) is 35.9 Å². The maximum absolute atomic E-state index is 13.0. The number of fused-ring (bicyclic) bond motifs is 1. The Bertz CT molecular complexity index is 1250. The highest BCUT2D eigenvalue weighted by molar-refractivity contribution is 6.04. The van der Waals surface area contributed by atoms with Crippen LogP contribution in [0.5, 0.6) is 5.75 Å². The van der Waals surface area contributed by atoms with Crippen molar-refractivity contribution >= 4 is 23.1 Å². The van der Waals surface area contributed by atoms with Crippen LogP contribution in [0, 0.1) is 0 Å². The van der Waals surface area contributed by atoms with Gasteiger partial charge < -0.3 is 20.3 Å². The fourth-order valence-corrected chi connectivity index (χ4v) is 3.60. The molecule has 2 aliphatic heterocycles. The minimum atomic E-state index is -4.68. The Balaban J connectivity index is 1.52. The molecule has 2 amide bonds. The molecule has 1 atom stereocenters. The lowest BCUT2D eigenvalue weighted by molar-refractivity contribution is -0.145. The number of rotatable bonds is 5. The number of nitrogens with one attached hydrogen (secondary N) is 2. The molecule has 8 nitrogen and oxygen atoms in total. The van der Waals surface area contributed by atoms with Crippen LogP contribution in [0.4, 0.5) is 36.8 Å². The van der Waals surface area contributed by atoms with Gasteiger partial charge in [-0.2, -0.15) is 26.3 Å². The molecule has 0 saturated carbocycles. The number of carbonyl (C=O) groups is 1. The topological polar surface area (TPSA) is 91.7 Å². The monoisotopic (exact) mass is 512 g/mol. The van der Waals surface area contributed by atoms with Gasteiger partial charge in [0.05, 0.1) is 25.4 Å². The van der Waals surface area contributed by atoms with Crippen LogP contribution in [0.15, 0.2) is 53.8 Å². The molecule has 3 heterocycles. The van der Waals surface area contributed by atoms with Gasteiger partial charge in [0.1, 0.15) is 18.1 Å². The Hall–Kier alpha value is -4.10. The summed E-state index contributed by atoms with van der Waals surface area (Å²) in [4.78, 5) is 25.0. The molecule has 14 heteroatoms.